The van der Waals surface area contributed by atoms with E-state index in [-0.39, 0.29) is 0 Å². The van der Waals surface area contributed by atoms with Gasteiger partial charge in [0.25, 0.3) is 0 Å². The van der Waals surface area contributed by atoms with E-state index in [2.05, 4.69) is 53.5 Å². The molecule has 16 heavy (non-hydrogen) atoms. The molecule has 0 atom stereocenters. The Balaban J connectivity index is 2.49. The summed E-state index contributed by atoms with van der Waals surface area (Å²) >= 11 is 7.00. The Bertz CT molecular complexity index is 494. The van der Waals surface area contributed by atoms with Crippen molar-refractivity contribution in [3.63, 3.8) is 0 Å². The Kier molecular flexibility index (Phi) is 3.76. The third-order valence-corrected chi connectivity index (χ3v) is 3.43. The van der Waals surface area contributed by atoms with Gasteiger partial charge in [0.2, 0.25) is 0 Å². The Morgan fingerprint density at radius 3 is 2.88 bits per heavy atom. The summed E-state index contributed by atoms with van der Waals surface area (Å²) < 4.78 is 4.13. The first-order chi connectivity index (χ1) is 7.72. The van der Waals surface area contributed by atoms with Crippen molar-refractivity contribution >= 4 is 31.9 Å². The van der Waals surface area contributed by atoms with Crippen LogP contribution in [0.25, 0.3) is 11.4 Å². The van der Waals surface area contributed by atoms with Crippen LogP contribution in [0.1, 0.15) is 13.3 Å². The molecule has 1 aromatic carbocycles. The Morgan fingerprint density at radius 1 is 1.31 bits per heavy atom. The first-order valence-electron chi connectivity index (χ1n) is 5.05. The molecule has 0 aliphatic carbocycles. The highest BCUT2D eigenvalue weighted by Gasteiger charge is 2.10. The molecular formula is C11H11Br2N3. The lowest BCUT2D eigenvalue weighted by Crippen LogP contribution is -1.98. The molecule has 0 saturated heterocycles. The third-order valence-electron chi connectivity index (χ3n) is 2.25. The van der Waals surface area contributed by atoms with Crippen LogP contribution in [0, 0.1) is 0 Å². The second-order valence-electron chi connectivity index (χ2n) is 3.47. The second-order valence-corrected chi connectivity index (χ2v) is 5.24. The smallest absolute Gasteiger partial charge is 0.164 e. The van der Waals surface area contributed by atoms with E-state index in [9.17, 15) is 0 Å². The molecule has 0 radical (unpaired) electrons. The van der Waals surface area contributed by atoms with Crippen molar-refractivity contribution in [2.45, 2.75) is 19.9 Å². The molecule has 0 fully saturated rings. The molecular weight excluding hydrogens is 334 g/mol. The molecule has 1 heterocycles. The Labute approximate surface area is 111 Å². The van der Waals surface area contributed by atoms with Gasteiger partial charge < -0.3 is 4.57 Å². The van der Waals surface area contributed by atoms with E-state index in [4.69, 9.17) is 0 Å². The highest BCUT2D eigenvalue weighted by atomic mass is 79.9. The summed E-state index contributed by atoms with van der Waals surface area (Å²) in [5.74, 6) is 0.898. The van der Waals surface area contributed by atoms with Gasteiger partial charge in [0.1, 0.15) is 6.33 Å². The summed E-state index contributed by atoms with van der Waals surface area (Å²) in [6, 6.07) is 6.04. The lowest BCUT2D eigenvalue weighted by atomic mass is 10.2. The van der Waals surface area contributed by atoms with Gasteiger partial charge in [-0.1, -0.05) is 38.8 Å². The molecule has 0 amide bonds. The summed E-state index contributed by atoms with van der Waals surface area (Å²) in [4.78, 5) is 0. The summed E-state index contributed by atoms with van der Waals surface area (Å²) in [6.45, 7) is 3.07. The average Bonchev–Trinajstić information content (AvgIpc) is 2.70. The maximum atomic E-state index is 4.17. The number of benzene rings is 1. The largest absolute Gasteiger partial charge is 0.314 e. The fourth-order valence-corrected chi connectivity index (χ4v) is 2.32. The fourth-order valence-electron chi connectivity index (χ4n) is 1.54. The number of aryl methyl sites for hydroxylation is 1. The van der Waals surface area contributed by atoms with Gasteiger partial charge in [0.05, 0.1) is 0 Å². The molecule has 2 aromatic rings. The van der Waals surface area contributed by atoms with E-state index in [0.717, 1.165) is 33.3 Å². The van der Waals surface area contributed by atoms with Crippen molar-refractivity contribution in [3.05, 3.63) is 33.5 Å². The van der Waals surface area contributed by atoms with Gasteiger partial charge >= 0.3 is 0 Å². The van der Waals surface area contributed by atoms with Crippen molar-refractivity contribution in [3.8, 4) is 11.4 Å². The predicted octanol–water partition coefficient (Wildman–Crippen LogP) is 3.88. The van der Waals surface area contributed by atoms with Crippen LogP contribution in [0.3, 0.4) is 0 Å². The van der Waals surface area contributed by atoms with Crippen LogP contribution in [0.15, 0.2) is 33.5 Å². The van der Waals surface area contributed by atoms with Crippen LogP contribution in [-0.4, -0.2) is 14.8 Å². The summed E-state index contributed by atoms with van der Waals surface area (Å²) in [5, 5.41) is 8.13. The minimum absolute atomic E-state index is 0.898. The lowest BCUT2D eigenvalue weighted by Gasteiger charge is -2.07. The molecule has 0 saturated carbocycles. The minimum Gasteiger partial charge on any atom is -0.314 e. The van der Waals surface area contributed by atoms with E-state index in [1.54, 1.807) is 6.33 Å². The zero-order chi connectivity index (χ0) is 11.5. The number of hydrogen-bond donors (Lipinski definition) is 0. The maximum absolute atomic E-state index is 4.17. The van der Waals surface area contributed by atoms with Crippen molar-refractivity contribution in [2.24, 2.45) is 0 Å². The van der Waals surface area contributed by atoms with Gasteiger partial charge in [-0.3, -0.25) is 0 Å². The lowest BCUT2D eigenvalue weighted by molar-refractivity contribution is 0.682. The summed E-state index contributed by atoms with van der Waals surface area (Å²) in [5.41, 5.74) is 1.06. The molecule has 0 unspecified atom stereocenters. The van der Waals surface area contributed by atoms with Gasteiger partial charge in [0, 0.05) is 21.1 Å². The van der Waals surface area contributed by atoms with Crippen molar-refractivity contribution in [1.29, 1.82) is 0 Å². The van der Waals surface area contributed by atoms with Crippen LogP contribution in [0.4, 0.5) is 0 Å². The number of halogens is 2. The van der Waals surface area contributed by atoms with E-state index >= 15 is 0 Å². The monoisotopic (exact) mass is 343 g/mol. The van der Waals surface area contributed by atoms with Crippen LogP contribution >= 0.6 is 31.9 Å². The van der Waals surface area contributed by atoms with Gasteiger partial charge in [0.15, 0.2) is 5.82 Å². The van der Waals surface area contributed by atoms with Crippen LogP contribution in [-0.2, 0) is 6.54 Å². The highest BCUT2D eigenvalue weighted by Crippen LogP contribution is 2.29. The van der Waals surface area contributed by atoms with Gasteiger partial charge in [-0.2, -0.15) is 0 Å². The highest BCUT2D eigenvalue weighted by molar-refractivity contribution is 9.11. The van der Waals surface area contributed by atoms with Gasteiger partial charge in [-0.15, -0.1) is 10.2 Å². The molecule has 0 aliphatic heterocycles. The van der Waals surface area contributed by atoms with Crippen molar-refractivity contribution < 1.29 is 0 Å². The average molecular weight is 345 g/mol. The van der Waals surface area contributed by atoms with Crippen molar-refractivity contribution in [2.75, 3.05) is 0 Å². The van der Waals surface area contributed by atoms with E-state index < -0.39 is 0 Å². The minimum atomic E-state index is 0.898. The summed E-state index contributed by atoms with van der Waals surface area (Å²) in [6.07, 6.45) is 2.84. The number of rotatable bonds is 3. The fraction of sp³-hybridized carbons (Fsp3) is 0.273. The number of nitrogens with zero attached hydrogens (tertiary/aromatic N) is 3. The topological polar surface area (TPSA) is 30.7 Å². The van der Waals surface area contributed by atoms with Crippen LogP contribution in [0.5, 0.6) is 0 Å². The maximum Gasteiger partial charge on any atom is 0.164 e. The van der Waals surface area contributed by atoms with E-state index in [1.807, 2.05) is 18.2 Å². The van der Waals surface area contributed by atoms with Gasteiger partial charge in [-0.05, 0) is 24.6 Å². The van der Waals surface area contributed by atoms with Crippen molar-refractivity contribution in [1.82, 2.24) is 14.8 Å². The van der Waals surface area contributed by atoms with Crippen LogP contribution < -0.4 is 0 Å². The zero-order valence-corrected chi connectivity index (χ0v) is 12.0. The van der Waals surface area contributed by atoms with Gasteiger partial charge in [-0.25, -0.2) is 0 Å². The molecule has 0 aliphatic rings. The van der Waals surface area contributed by atoms with E-state index in [0.29, 0.717) is 0 Å². The predicted molar refractivity (Wildman–Crippen MR) is 71.1 cm³/mol. The Morgan fingerprint density at radius 2 is 2.12 bits per heavy atom. The SMILES string of the molecule is CCCn1cnnc1-c1cc(Br)ccc1Br. The standard InChI is InChI=1S/C11H11Br2N3/c1-2-5-16-7-14-15-11(16)9-6-8(12)3-4-10(9)13/h3-4,6-7H,2,5H2,1H3. The Hall–Kier alpha value is -0.680. The molecule has 5 heteroatoms. The third kappa shape index (κ3) is 2.35. The molecule has 0 bridgehead atoms. The molecule has 0 spiro atoms. The number of aromatic nitrogens is 3. The number of hydrogen-bond acceptors (Lipinski definition) is 2. The van der Waals surface area contributed by atoms with E-state index in [1.165, 1.54) is 0 Å². The first-order valence-corrected chi connectivity index (χ1v) is 6.64. The second kappa shape index (κ2) is 5.10. The normalized spacial score (nSPS) is 10.7. The molecule has 84 valence electrons. The molecule has 3 nitrogen and oxygen atoms in total. The molecule has 2 rings (SSSR count). The quantitative estimate of drug-likeness (QED) is 0.845. The van der Waals surface area contributed by atoms with Crippen LogP contribution in [0.2, 0.25) is 0 Å². The molecule has 1 aromatic heterocycles. The summed E-state index contributed by atoms with van der Waals surface area (Å²) in [7, 11) is 0. The molecule has 0 N–H and O–H groups in total. The first kappa shape index (κ1) is 11.8. The zero-order valence-electron chi connectivity index (χ0n) is 8.82.